The van der Waals surface area contributed by atoms with Gasteiger partial charge in [0.15, 0.2) is 0 Å². The van der Waals surface area contributed by atoms with Gasteiger partial charge in [0, 0.05) is 0 Å². The van der Waals surface area contributed by atoms with Crippen LogP contribution in [-0.2, 0) is 22.2 Å². The van der Waals surface area contributed by atoms with Crippen molar-refractivity contribution in [2.24, 2.45) is 0 Å². The first-order valence-corrected chi connectivity index (χ1v) is 5.55. The van der Waals surface area contributed by atoms with Gasteiger partial charge in [-0.25, -0.2) is 0 Å². The molecule has 0 saturated heterocycles. The molecule has 1 aromatic carbocycles. The molecule has 3 nitrogen and oxygen atoms in total. The molecule has 0 aliphatic rings. The number of hydrogen-bond donors (Lipinski definition) is 1. The Balaban J connectivity index is 2.88. The van der Waals surface area contributed by atoms with Gasteiger partial charge in [-0.1, -0.05) is 40.9 Å². The van der Waals surface area contributed by atoms with Crippen LogP contribution in [-0.4, -0.2) is 8.76 Å². The van der Waals surface area contributed by atoms with E-state index in [0.717, 1.165) is 0 Å². The number of benzene rings is 1. The highest BCUT2D eigenvalue weighted by Crippen LogP contribution is 2.32. The molecule has 1 aromatic rings. The molecule has 0 fully saturated rings. The zero-order valence-corrected chi connectivity index (χ0v) is 9.75. The standard InChI is InChI=1S/C7H5Cl3O3S/c8-5-2-1-4(3-13-14(11)12)6(9)7(5)10/h1-2H,3H2,(H,11,12). The fourth-order valence-electron chi connectivity index (χ4n) is 0.791. The molecule has 1 unspecified atom stereocenters. The smallest absolute Gasteiger partial charge is 0.284 e. The minimum absolute atomic E-state index is 0.0984. The highest BCUT2D eigenvalue weighted by molar-refractivity contribution is 7.74. The van der Waals surface area contributed by atoms with Crippen LogP contribution < -0.4 is 0 Å². The SMILES string of the molecule is O=S(O)OCc1ccc(Cl)c(Cl)c1Cl. The van der Waals surface area contributed by atoms with E-state index in [-0.39, 0.29) is 16.7 Å². The van der Waals surface area contributed by atoms with Gasteiger partial charge < -0.3 is 0 Å². The van der Waals surface area contributed by atoms with Crippen molar-refractivity contribution in [2.45, 2.75) is 6.61 Å². The van der Waals surface area contributed by atoms with Crippen LogP contribution in [0.15, 0.2) is 12.1 Å². The average molecular weight is 276 g/mol. The molecule has 0 amide bonds. The summed E-state index contributed by atoms with van der Waals surface area (Å²) in [6, 6.07) is 3.11. The summed E-state index contributed by atoms with van der Waals surface area (Å²) in [5.74, 6) is 0. The summed E-state index contributed by atoms with van der Waals surface area (Å²) in [7, 11) is 0. The lowest BCUT2D eigenvalue weighted by Crippen LogP contribution is -1.96. The molecule has 0 bridgehead atoms. The van der Waals surface area contributed by atoms with E-state index in [0.29, 0.717) is 10.6 Å². The van der Waals surface area contributed by atoms with Crippen molar-refractivity contribution >= 4 is 46.2 Å². The molecule has 0 spiro atoms. The molecule has 1 atom stereocenters. The summed E-state index contributed by atoms with van der Waals surface area (Å²) in [6.45, 7) is -0.0984. The predicted molar refractivity (Wildman–Crippen MR) is 57.0 cm³/mol. The Morgan fingerprint density at radius 1 is 1.29 bits per heavy atom. The number of rotatable bonds is 3. The van der Waals surface area contributed by atoms with Crippen LogP contribution in [0.5, 0.6) is 0 Å². The van der Waals surface area contributed by atoms with Gasteiger partial charge in [0.05, 0.1) is 21.7 Å². The summed E-state index contributed by atoms with van der Waals surface area (Å²) in [4.78, 5) is 0. The Hall–Kier alpha value is 0.160. The highest BCUT2D eigenvalue weighted by Gasteiger charge is 2.09. The fraction of sp³-hybridized carbons (Fsp3) is 0.143. The molecule has 0 heterocycles. The monoisotopic (exact) mass is 274 g/mol. The van der Waals surface area contributed by atoms with Crippen molar-refractivity contribution in [3.8, 4) is 0 Å². The van der Waals surface area contributed by atoms with Crippen LogP contribution in [0.4, 0.5) is 0 Å². The summed E-state index contributed by atoms with van der Waals surface area (Å²) < 4.78 is 23.0. The molecule has 78 valence electrons. The quantitative estimate of drug-likeness (QED) is 0.680. The summed E-state index contributed by atoms with van der Waals surface area (Å²) >= 11 is 14.9. The van der Waals surface area contributed by atoms with Crippen molar-refractivity contribution in [2.75, 3.05) is 0 Å². The van der Waals surface area contributed by atoms with Gasteiger partial charge in [0.2, 0.25) is 0 Å². The Labute approximate surface area is 98.4 Å². The summed E-state index contributed by atoms with van der Waals surface area (Å²) in [6.07, 6.45) is 0. The first-order valence-electron chi connectivity index (χ1n) is 3.39. The largest absolute Gasteiger partial charge is 0.302 e. The zero-order chi connectivity index (χ0) is 10.7. The Kier molecular flexibility index (Phi) is 4.63. The second-order valence-electron chi connectivity index (χ2n) is 2.31. The third-order valence-corrected chi connectivity index (χ3v) is 3.08. The van der Waals surface area contributed by atoms with Crippen LogP contribution in [0, 0.1) is 0 Å². The Bertz CT molecular complexity index is 369. The van der Waals surface area contributed by atoms with E-state index < -0.39 is 11.4 Å². The molecule has 0 aliphatic heterocycles. The topological polar surface area (TPSA) is 46.5 Å². The van der Waals surface area contributed by atoms with Crippen molar-refractivity contribution in [3.63, 3.8) is 0 Å². The normalized spacial score (nSPS) is 12.9. The van der Waals surface area contributed by atoms with E-state index in [1.54, 1.807) is 6.07 Å². The third kappa shape index (κ3) is 3.08. The highest BCUT2D eigenvalue weighted by atomic mass is 35.5. The minimum Gasteiger partial charge on any atom is -0.284 e. The Morgan fingerprint density at radius 3 is 2.50 bits per heavy atom. The van der Waals surface area contributed by atoms with Gasteiger partial charge in [-0.2, -0.15) is 4.21 Å². The van der Waals surface area contributed by atoms with E-state index in [9.17, 15) is 4.21 Å². The van der Waals surface area contributed by atoms with E-state index in [1.165, 1.54) is 6.07 Å². The van der Waals surface area contributed by atoms with E-state index in [2.05, 4.69) is 4.18 Å². The van der Waals surface area contributed by atoms with Gasteiger partial charge in [0.25, 0.3) is 0 Å². The van der Waals surface area contributed by atoms with Crippen LogP contribution in [0.3, 0.4) is 0 Å². The second-order valence-corrected chi connectivity index (χ2v) is 4.15. The molecule has 0 aromatic heterocycles. The molecule has 0 saturated carbocycles. The number of halogens is 3. The molecular formula is C7H5Cl3O3S. The zero-order valence-electron chi connectivity index (χ0n) is 6.67. The lowest BCUT2D eigenvalue weighted by molar-refractivity contribution is 0.297. The van der Waals surface area contributed by atoms with Crippen molar-refractivity contribution in [1.29, 1.82) is 0 Å². The van der Waals surface area contributed by atoms with E-state index >= 15 is 0 Å². The van der Waals surface area contributed by atoms with E-state index in [4.69, 9.17) is 39.4 Å². The third-order valence-electron chi connectivity index (χ3n) is 1.43. The number of hydrogen-bond acceptors (Lipinski definition) is 2. The maximum atomic E-state index is 10.2. The van der Waals surface area contributed by atoms with Gasteiger partial charge in [0.1, 0.15) is 0 Å². The fourth-order valence-corrected chi connectivity index (χ4v) is 1.63. The van der Waals surface area contributed by atoms with Gasteiger partial charge >= 0.3 is 11.4 Å². The predicted octanol–water partition coefficient (Wildman–Crippen LogP) is 3.30. The van der Waals surface area contributed by atoms with Gasteiger partial charge in [-0.05, 0) is 11.6 Å². The van der Waals surface area contributed by atoms with Crippen LogP contribution in [0.1, 0.15) is 5.56 Å². The molecular weight excluding hydrogens is 270 g/mol. The van der Waals surface area contributed by atoms with Crippen molar-refractivity contribution in [1.82, 2.24) is 0 Å². The lowest BCUT2D eigenvalue weighted by atomic mass is 10.2. The lowest BCUT2D eigenvalue weighted by Gasteiger charge is -2.05. The Morgan fingerprint density at radius 2 is 1.93 bits per heavy atom. The maximum absolute atomic E-state index is 10.2. The first kappa shape index (κ1) is 12.2. The van der Waals surface area contributed by atoms with Crippen molar-refractivity contribution < 1.29 is 12.9 Å². The second kappa shape index (κ2) is 5.30. The van der Waals surface area contributed by atoms with Crippen LogP contribution in [0.25, 0.3) is 0 Å². The minimum atomic E-state index is -2.32. The molecule has 1 N–H and O–H groups in total. The summed E-state index contributed by atoms with van der Waals surface area (Å²) in [5.41, 5.74) is 0.503. The van der Waals surface area contributed by atoms with E-state index in [1.807, 2.05) is 0 Å². The van der Waals surface area contributed by atoms with Crippen LogP contribution >= 0.6 is 34.8 Å². The van der Waals surface area contributed by atoms with Crippen LogP contribution in [0.2, 0.25) is 15.1 Å². The summed E-state index contributed by atoms with van der Waals surface area (Å²) in [5, 5.41) is 0.758. The van der Waals surface area contributed by atoms with Crippen molar-refractivity contribution in [3.05, 3.63) is 32.8 Å². The first-order chi connectivity index (χ1) is 6.52. The molecule has 14 heavy (non-hydrogen) atoms. The molecule has 7 heteroatoms. The average Bonchev–Trinajstić information content (AvgIpc) is 2.13. The maximum Gasteiger partial charge on any atom is 0.302 e. The molecule has 1 rings (SSSR count). The van der Waals surface area contributed by atoms with Gasteiger partial charge in [-0.15, -0.1) is 0 Å². The van der Waals surface area contributed by atoms with Gasteiger partial charge in [-0.3, -0.25) is 8.74 Å². The molecule has 0 radical (unpaired) electrons. The molecule has 0 aliphatic carbocycles.